The molecule has 0 aliphatic carbocycles. The fourth-order valence-corrected chi connectivity index (χ4v) is 2.90. The Morgan fingerprint density at radius 3 is 2.42 bits per heavy atom. The molecule has 5 nitrogen and oxygen atoms in total. The van der Waals surface area contributed by atoms with Crippen LogP contribution < -0.4 is 10.1 Å². The van der Waals surface area contributed by atoms with E-state index in [-0.39, 0.29) is 17.9 Å². The molecule has 0 aliphatic rings. The largest absolute Gasteiger partial charge is 0.491 e. The number of aromatic nitrogens is 1. The minimum Gasteiger partial charge on any atom is -0.491 e. The summed E-state index contributed by atoms with van der Waals surface area (Å²) in [4.78, 5) is 24.6. The number of halogens is 1. The Morgan fingerprint density at radius 2 is 1.81 bits per heavy atom. The number of carbonyl (C=O) groups is 2. The molecule has 0 bridgehead atoms. The highest BCUT2D eigenvalue weighted by Crippen LogP contribution is 2.26. The van der Waals surface area contributed by atoms with Crippen molar-refractivity contribution >= 4 is 40.0 Å². The Morgan fingerprint density at radius 1 is 1.12 bits per heavy atom. The van der Waals surface area contributed by atoms with Gasteiger partial charge in [0.25, 0.3) is 5.91 Å². The van der Waals surface area contributed by atoms with Crippen LogP contribution in [0.4, 0.5) is 5.69 Å². The van der Waals surface area contributed by atoms with Crippen LogP contribution in [-0.4, -0.2) is 22.5 Å². The quantitative estimate of drug-likeness (QED) is 0.703. The lowest BCUT2D eigenvalue weighted by Crippen LogP contribution is -2.12. The summed E-state index contributed by atoms with van der Waals surface area (Å²) in [5.74, 6) is 0.249. The minimum atomic E-state index is -0.310. The number of benzene rings is 2. The topological polar surface area (TPSA) is 60.3 Å². The van der Waals surface area contributed by atoms with Gasteiger partial charge >= 0.3 is 0 Å². The van der Waals surface area contributed by atoms with Crippen LogP contribution in [0.5, 0.6) is 5.75 Å². The number of fused-ring (bicyclic) bond motifs is 1. The van der Waals surface area contributed by atoms with E-state index in [1.165, 1.54) is 17.7 Å². The van der Waals surface area contributed by atoms with Crippen molar-refractivity contribution in [3.63, 3.8) is 0 Å². The molecule has 134 valence electrons. The summed E-state index contributed by atoms with van der Waals surface area (Å²) in [6, 6.07) is 12.2. The molecule has 0 unspecified atom stereocenters. The van der Waals surface area contributed by atoms with E-state index < -0.39 is 0 Å². The van der Waals surface area contributed by atoms with Crippen molar-refractivity contribution in [1.29, 1.82) is 0 Å². The zero-order chi connectivity index (χ0) is 18.8. The van der Waals surface area contributed by atoms with E-state index in [1.807, 2.05) is 13.8 Å². The molecule has 0 radical (unpaired) electrons. The van der Waals surface area contributed by atoms with Crippen molar-refractivity contribution in [2.24, 2.45) is 0 Å². The number of ether oxygens (including phenoxy) is 1. The molecule has 3 aromatic rings. The van der Waals surface area contributed by atoms with Gasteiger partial charge in [0.15, 0.2) is 0 Å². The van der Waals surface area contributed by atoms with Crippen LogP contribution in [0, 0.1) is 0 Å². The van der Waals surface area contributed by atoms with Crippen LogP contribution in [0.25, 0.3) is 10.9 Å². The first-order valence-corrected chi connectivity index (χ1v) is 8.62. The molecule has 26 heavy (non-hydrogen) atoms. The predicted molar refractivity (Wildman–Crippen MR) is 103 cm³/mol. The van der Waals surface area contributed by atoms with Crippen LogP contribution >= 0.6 is 11.6 Å². The lowest BCUT2D eigenvalue weighted by molar-refractivity contribution is 0.0941. The van der Waals surface area contributed by atoms with E-state index in [0.717, 1.165) is 5.75 Å². The molecule has 0 aliphatic heterocycles. The molecule has 2 aromatic carbocycles. The number of rotatable bonds is 4. The zero-order valence-corrected chi connectivity index (χ0v) is 15.5. The molecule has 6 heteroatoms. The number of nitrogens with one attached hydrogen (secondary N) is 1. The Kier molecular flexibility index (Phi) is 5.00. The fraction of sp³-hybridized carbons (Fsp3) is 0.200. The van der Waals surface area contributed by atoms with Crippen molar-refractivity contribution in [3.8, 4) is 5.75 Å². The van der Waals surface area contributed by atoms with Crippen LogP contribution in [0.2, 0.25) is 5.02 Å². The Balaban J connectivity index is 1.90. The van der Waals surface area contributed by atoms with Gasteiger partial charge < -0.3 is 10.1 Å². The third-order valence-corrected chi connectivity index (χ3v) is 4.07. The van der Waals surface area contributed by atoms with Crippen molar-refractivity contribution in [2.75, 3.05) is 5.32 Å². The molecule has 0 spiro atoms. The SMILES string of the molecule is CC(=O)n1cc(C(=O)Nc2ccc(OC(C)C)cc2)c2cc(Cl)ccc21. The maximum absolute atomic E-state index is 12.7. The second-order valence-electron chi connectivity index (χ2n) is 6.24. The van der Waals surface area contributed by atoms with E-state index in [4.69, 9.17) is 16.3 Å². The molecule has 0 saturated carbocycles. The van der Waals surface area contributed by atoms with E-state index in [0.29, 0.717) is 27.2 Å². The summed E-state index contributed by atoms with van der Waals surface area (Å²) in [7, 11) is 0. The molecule has 1 aromatic heterocycles. The molecular weight excluding hydrogens is 352 g/mol. The number of carbonyl (C=O) groups excluding carboxylic acids is 2. The number of nitrogens with zero attached hydrogens (tertiary/aromatic N) is 1. The van der Waals surface area contributed by atoms with Gasteiger partial charge in [0, 0.05) is 29.2 Å². The zero-order valence-electron chi connectivity index (χ0n) is 14.7. The van der Waals surface area contributed by atoms with Gasteiger partial charge in [-0.1, -0.05) is 11.6 Å². The van der Waals surface area contributed by atoms with E-state index in [2.05, 4.69) is 5.32 Å². The van der Waals surface area contributed by atoms with Crippen LogP contribution in [0.3, 0.4) is 0 Å². The third kappa shape index (κ3) is 3.73. The number of hydrogen-bond donors (Lipinski definition) is 1. The first kappa shape index (κ1) is 18.0. The monoisotopic (exact) mass is 370 g/mol. The maximum atomic E-state index is 12.7. The first-order valence-electron chi connectivity index (χ1n) is 8.25. The number of hydrogen-bond acceptors (Lipinski definition) is 3. The van der Waals surface area contributed by atoms with Gasteiger partial charge in [-0.2, -0.15) is 0 Å². The average Bonchev–Trinajstić information content (AvgIpc) is 2.95. The van der Waals surface area contributed by atoms with Crippen molar-refractivity contribution < 1.29 is 14.3 Å². The molecule has 1 heterocycles. The van der Waals surface area contributed by atoms with Crippen molar-refractivity contribution in [2.45, 2.75) is 26.9 Å². The highest BCUT2D eigenvalue weighted by molar-refractivity contribution is 6.31. The summed E-state index contributed by atoms with van der Waals surface area (Å²) >= 11 is 6.06. The van der Waals surface area contributed by atoms with Crippen LogP contribution in [0.15, 0.2) is 48.7 Å². The van der Waals surface area contributed by atoms with Gasteiger partial charge in [-0.15, -0.1) is 0 Å². The van der Waals surface area contributed by atoms with Gasteiger partial charge in [0.1, 0.15) is 5.75 Å². The average molecular weight is 371 g/mol. The fourth-order valence-electron chi connectivity index (χ4n) is 2.73. The summed E-state index contributed by atoms with van der Waals surface area (Å²) in [6.45, 7) is 5.35. The molecular formula is C20H19ClN2O3. The molecule has 0 atom stereocenters. The second-order valence-corrected chi connectivity index (χ2v) is 6.67. The van der Waals surface area contributed by atoms with Crippen molar-refractivity contribution in [3.05, 3.63) is 59.2 Å². The molecule has 1 amide bonds. The second kappa shape index (κ2) is 7.22. The van der Waals surface area contributed by atoms with Crippen LogP contribution in [0.1, 0.15) is 35.9 Å². The third-order valence-electron chi connectivity index (χ3n) is 3.83. The summed E-state index contributed by atoms with van der Waals surface area (Å²) < 4.78 is 7.04. The molecule has 3 rings (SSSR count). The first-order chi connectivity index (χ1) is 12.3. The highest BCUT2D eigenvalue weighted by atomic mass is 35.5. The van der Waals surface area contributed by atoms with Gasteiger partial charge in [0.05, 0.1) is 17.2 Å². The van der Waals surface area contributed by atoms with E-state index in [9.17, 15) is 9.59 Å². The van der Waals surface area contributed by atoms with E-state index >= 15 is 0 Å². The Hall–Kier alpha value is -2.79. The lowest BCUT2D eigenvalue weighted by atomic mass is 10.1. The lowest BCUT2D eigenvalue weighted by Gasteiger charge is -2.10. The smallest absolute Gasteiger partial charge is 0.257 e. The van der Waals surface area contributed by atoms with E-state index in [1.54, 1.807) is 42.5 Å². The summed E-state index contributed by atoms with van der Waals surface area (Å²) in [5, 5.41) is 3.97. The normalized spacial score (nSPS) is 11.0. The predicted octanol–water partition coefficient (Wildman–Crippen LogP) is 4.99. The number of amides is 1. The highest BCUT2D eigenvalue weighted by Gasteiger charge is 2.17. The van der Waals surface area contributed by atoms with Gasteiger partial charge in [0.2, 0.25) is 5.91 Å². The number of anilines is 1. The van der Waals surface area contributed by atoms with Crippen molar-refractivity contribution in [1.82, 2.24) is 4.57 Å². The molecule has 1 N–H and O–H groups in total. The maximum Gasteiger partial charge on any atom is 0.257 e. The van der Waals surface area contributed by atoms with Gasteiger partial charge in [-0.05, 0) is 56.3 Å². The van der Waals surface area contributed by atoms with Gasteiger partial charge in [-0.25, -0.2) is 0 Å². The molecule has 0 fully saturated rings. The Labute approximate surface area is 156 Å². The van der Waals surface area contributed by atoms with Crippen LogP contribution in [-0.2, 0) is 0 Å². The standard InChI is InChI=1S/C20H19ClN2O3/c1-12(2)26-16-7-5-15(6-8-16)22-20(25)18-11-23(13(3)24)19-9-4-14(21)10-17(18)19/h4-12H,1-3H3,(H,22,25). The molecule has 0 saturated heterocycles. The Bertz CT molecular complexity index is 975. The van der Waals surface area contributed by atoms with Gasteiger partial charge in [-0.3, -0.25) is 14.2 Å². The summed E-state index contributed by atoms with van der Waals surface area (Å²) in [6.07, 6.45) is 1.62. The summed E-state index contributed by atoms with van der Waals surface area (Å²) in [5.41, 5.74) is 1.67. The minimum absolute atomic E-state index is 0.0814.